The first-order chi connectivity index (χ1) is 6.33. The summed E-state index contributed by atoms with van der Waals surface area (Å²) < 4.78 is 0. The molecule has 2 atom stereocenters. The number of carbonyl (C=O) groups excluding carboxylic acids is 1. The quantitative estimate of drug-likeness (QED) is 0.604. The number of fused-ring (bicyclic) bond motifs is 1. The van der Waals surface area contributed by atoms with Crippen molar-refractivity contribution in [3.05, 3.63) is 12.2 Å². The van der Waals surface area contributed by atoms with E-state index in [-0.39, 0.29) is 24.6 Å². The third-order valence-electron chi connectivity index (χ3n) is 2.94. The van der Waals surface area contributed by atoms with E-state index in [0.29, 0.717) is 6.42 Å². The van der Waals surface area contributed by atoms with Gasteiger partial charge in [-0.15, -0.1) is 0 Å². The first kappa shape index (κ1) is 8.75. The predicted molar refractivity (Wildman–Crippen MR) is 49.1 cm³/mol. The Balaban J connectivity index is 2.18. The molecule has 0 radical (unpaired) electrons. The molecule has 1 fully saturated rings. The summed E-state index contributed by atoms with van der Waals surface area (Å²) in [5.74, 6) is 0.172. The van der Waals surface area contributed by atoms with Gasteiger partial charge in [0.25, 0.3) is 0 Å². The average molecular weight is 181 g/mol. The van der Waals surface area contributed by atoms with Gasteiger partial charge in [0.15, 0.2) is 0 Å². The number of amides is 1. The summed E-state index contributed by atoms with van der Waals surface area (Å²) in [5, 5.41) is 9.13. The molecular weight excluding hydrogens is 166 g/mol. The van der Waals surface area contributed by atoms with Crippen molar-refractivity contribution in [1.82, 2.24) is 4.90 Å². The first-order valence-electron chi connectivity index (χ1n) is 4.91. The van der Waals surface area contributed by atoms with Crippen LogP contribution in [0.15, 0.2) is 12.2 Å². The summed E-state index contributed by atoms with van der Waals surface area (Å²) in [6, 6.07) is 0.323. The zero-order chi connectivity index (χ0) is 9.26. The number of rotatable bonds is 1. The lowest BCUT2D eigenvalue weighted by Gasteiger charge is -2.42. The summed E-state index contributed by atoms with van der Waals surface area (Å²) in [5.41, 5.74) is 0. The van der Waals surface area contributed by atoms with Gasteiger partial charge < -0.3 is 10.0 Å². The Kier molecular flexibility index (Phi) is 2.36. The molecule has 2 aliphatic heterocycles. The van der Waals surface area contributed by atoms with E-state index in [2.05, 4.69) is 6.08 Å². The van der Waals surface area contributed by atoms with Gasteiger partial charge in [0.1, 0.15) is 0 Å². The normalized spacial score (nSPS) is 33.3. The highest BCUT2D eigenvalue weighted by Crippen LogP contribution is 2.26. The smallest absolute Gasteiger partial charge is 0.227 e. The van der Waals surface area contributed by atoms with E-state index in [1.54, 1.807) is 0 Å². The van der Waals surface area contributed by atoms with Crippen LogP contribution in [0.4, 0.5) is 0 Å². The summed E-state index contributed by atoms with van der Waals surface area (Å²) in [6.07, 6.45) is 7.68. The van der Waals surface area contributed by atoms with Gasteiger partial charge in [0.2, 0.25) is 5.91 Å². The van der Waals surface area contributed by atoms with E-state index in [0.717, 1.165) is 19.3 Å². The monoisotopic (exact) mass is 181 g/mol. The van der Waals surface area contributed by atoms with Crippen molar-refractivity contribution >= 4 is 5.91 Å². The van der Waals surface area contributed by atoms with E-state index in [4.69, 9.17) is 5.11 Å². The van der Waals surface area contributed by atoms with Crippen LogP contribution in [0.1, 0.15) is 25.7 Å². The van der Waals surface area contributed by atoms with E-state index >= 15 is 0 Å². The van der Waals surface area contributed by atoms with Crippen LogP contribution in [-0.4, -0.2) is 34.6 Å². The number of hydrogen-bond acceptors (Lipinski definition) is 2. The second-order valence-corrected chi connectivity index (χ2v) is 3.77. The predicted octanol–water partition coefficient (Wildman–Crippen LogP) is 0.688. The number of aliphatic hydroxyl groups is 1. The van der Waals surface area contributed by atoms with Crippen LogP contribution < -0.4 is 0 Å². The molecule has 0 spiro atoms. The van der Waals surface area contributed by atoms with Crippen LogP contribution >= 0.6 is 0 Å². The van der Waals surface area contributed by atoms with Crippen molar-refractivity contribution in [1.29, 1.82) is 0 Å². The maximum Gasteiger partial charge on any atom is 0.227 e. The number of piperidine rings is 1. The Bertz CT molecular complexity index is 237. The number of carbonyl (C=O) groups is 1. The minimum absolute atomic E-state index is 0.0659. The van der Waals surface area contributed by atoms with Crippen molar-refractivity contribution in [3.63, 3.8) is 0 Å². The Labute approximate surface area is 78.0 Å². The van der Waals surface area contributed by atoms with Gasteiger partial charge in [-0.05, 0) is 19.3 Å². The molecule has 2 rings (SSSR count). The number of nitrogens with zero attached hydrogens (tertiary/aromatic N) is 1. The van der Waals surface area contributed by atoms with Gasteiger partial charge in [0, 0.05) is 6.42 Å². The molecule has 0 aromatic heterocycles. The number of aliphatic hydroxyl groups excluding tert-OH is 1. The van der Waals surface area contributed by atoms with Crippen LogP contribution in [0.2, 0.25) is 0 Å². The van der Waals surface area contributed by atoms with Crippen molar-refractivity contribution in [2.75, 3.05) is 6.61 Å². The van der Waals surface area contributed by atoms with Crippen molar-refractivity contribution in [2.24, 2.45) is 0 Å². The van der Waals surface area contributed by atoms with Gasteiger partial charge in [-0.25, -0.2) is 0 Å². The van der Waals surface area contributed by atoms with Crippen LogP contribution in [0.3, 0.4) is 0 Å². The average Bonchev–Trinajstić information content (AvgIpc) is 2.17. The lowest BCUT2D eigenvalue weighted by Crippen LogP contribution is -2.52. The molecule has 3 heteroatoms. The first-order valence-corrected chi connectivity index (χ1v) is 4.91. The van der Waals surface area contributed by atoms with Gasteiger partial charge in [0.05, 0.1) is 18.7 Å². The van der Waals surface area contributed by atoms with E-state index in [1.165, 1.54) is 0 Å². The minimum atomic E-state index is 0.0659. The zero-order valence-corrected chi connectivity index (χ0v) is 7.65. The maximum absolute atomic E-state index is 11.6. The lowest BCUT2D eigenvalue weighted by molar-refractivity contribution is -0.138. The molecule has 0 bridgehead atoms. The SMILES string of the molecule is O=C1CC=CC2CCCC(CO)N12. The molecule has 0 saturated carbocycles. The van der Waals surface area contributed by atoms with Gasteiger partial charge >= 0.3 is 0 Å². The van der Waals surface area contributed by atoms with Crippen LogP contribution in [0.5, 0.6) is 0 Å². The second-order valence-electron chi connectivity index (χ2n) is 3.77. The van der Waals surface area contributed by atoms with Crippen LogP contribution in [0, 0.1) is 0 Å². The van der Waals surface area contributed by atoms with Gasteiger partial charge in [-0.2, -0.15) is 0 Å². The lowest BCUT2D eigenvalue weighted by atomic mass is 9.93. The van der Waals surface area contributed by atoms with Crippen LogP contribution in [0.25, 0.3) is 0 Å². The Morgan fingerprint density at radius 2 is 2.38 bits per heavy atom. The molecule has 0 aromatic rings. The van der Waals surface area contributed by atoms with E-state index < -0.39 is 0 Å². The molecule has 72 valence electrons. The maximum atomic E-state index is 11.6. The summed E-state index contributed by atoms with van der Waals surface area (Å²) in [7, 11) is 0. The zero-order valence-electron chi connectivity index (χ0n) is 7.65. The topological polar surface area (TPSA) is 40.5 Å². The highest BCUT2D eigenvalue weighted by atomic mass is 16.3. The van der Waals surface area contributed by atoms with Crippen molar-refractivity contribution in [2.45, 2.75) is 37.8 Å². The van der Waals surface area contributed by atoms with E-state index in [1.807, 2.05) is 11.0 Å². The second kappa shape index (κ2) is 3.50. The molecule has 0 aromatic carbocycles. The molecule has 1 amide bonds. The van der Waals surface area contributed by atoms with E-state index in [9.17, 15) is 4.79 Å². The molecule has 3 nitrogen and oxygen atoms in total. The standard InChI is InChI=1S/C10H15NO2/c12-7-9-5-1-3-8-4-2-6-10(13)11(8)9/h2,4,8-9,12H,1,3,5-7H2. The molecule has 1 N–H and O–H groups in total. The molecule has 2 aliphatic rings. The number of hydrogen-bond donors (Lipinski definition) is 1. The molecule has 2 unspecified atom stereocenters. The summed E-state index contributed by atoms with van der Waals surface area (Å²) >= 11 is 0. The Hall–Kier alpha value is -0.830. The fourth-order valence-electron chi connectivity index (χ4n) is 2.30. The summed E-state index contributed by atoms with van der Waals surface area (Å²) in [6.45, 7) is 0.107. The molecule has 0 aliphatic carbocycles. The molecule has 2 heterocycles. The third-order valence-corrected chi connectivity index (χ3v) is 2.94. The Morgan fingerprint density at radius 3 is 3.15 bits per heavy atom. The summed E-state index contributed by atoms with van der Waals surface area (Å²) in [4.78, 5) is 13.4. The van der Waals surface area contributed by atoms with Crippen molar-refractivity contribution < 1.29 is 9.90 Å². The van der Waals surface area contributed by atoms with Gasteiger partial charge in [-0.1, -0.05) is 12.2 Å². The molecular formula is C10H15NO2. The minimum Gasteiger partial charge on any atom is -0.394 e. The van der Waals surface area contributed by atoms with Crippen molar-refractivity contribution in [3.8, 4) is 0 Å². The highest BCUT2D eigenvalue weighted by molar-refractivity contribution is 5.80. The molecule has 13 heavy (non-hydrogen) atoms. The van der Waals surface area contributed by atoms with Gasteiger partial charge in [-0.3, -0.25) is 4.79 Å². The highest BCUT2D eigenvalue weighted by Gasteiger charge is 2.33. The van der Waals surface area contributed by atoms with Crippen LogP contribution in [-0.2, 0) is 4.79 Å². The fraction of sp³-hybridized carbons (Fsp3) is 0.700. The Morgan fingerprint density at radius 1 is 1.54 bits per heavy atom. The largest absolute Gasteiger partial charge is 0.394 e. The fourth-order valence-corrected chi connectivity index (χ4v) is 2.30. The third kappa shape index (κ3) is 1.48. The molecule has 1 saturated heterocycles.